The number of hydrogen-bond acceptors (Lipinski definition) is 4. The van der Waals surface area contributed by atoms with Crippen LogP contribution in [-0.4, -0.2) is 66.4 Å². The topological polar surface area (TPSA) is 64.7 Å². The highest BCUT2D eigenvalue weighted by molar-refractivity contribution is 6.33. The Hall–Kier alpha value is -1.63. The van der Waals surface area contributed by atoms with E-state index < -0.39 is 0 Å². The minimum atomic E-state index is -0.218. The average molecular weight is 395 g/mol. The zero-order chi connectivity index (χ0) is 20.0. The van der Waals surface area contributed by atoms with E-state index >= 15 is 0 Å². The fraction of sp³-hybridized carbons (Fsp3) is 0.600. The number of halogens is 1. The highest BCUT2D eigenvalue weighted by Gasteiger charge is 2.21. The van der Waals surface area contributed by atoms with E-state index in [0.29, 0.717) is 23.8 Å². The largest absolute Gasteiger partial charge is 0.350 e. The molecule has 0 bridgehead atoms. The van der Waals surface area contributed by atoms with Gasteiger partial charge < -0.3 is 10.6 Å². The summed E-state index contributed by atoms with van der Waals surface area (Å²) < 4.78 is 0. The molecule has 1 aromatic rings. The predicted molar refractivity (Wildman–Crippen MR) is 110 cm³/mol. The fourth-order valence-electron chi connectivity index (χ4n) is 3.12. The number of amides is 2. The predicted octanol–water partition coefficient (Wildman–Crippen LogP) is 2.51. The van der Waals surface area contributed by atoms with Gasteiger partial charge in [-0.05, 0) is 64.9 Å². The number of carbonyl (C=O) groups is 2. The zero-order valence-electron chi connectivity index (χ0n) is 16.8. The third-order valence-corrected chi connectivity index (χ3v) is 4.64. The number of nitrogens with zero attached hydrogens (tertiary/aromatic N) is 2. The molecule has 0 aliphatic carbocycles. The molecular formula is C20H31ClN4O2. The summed E-state index contributed by atoms with van der Waals surface area (Å²) in [5.41, 5.74) is 1.48. The number of hydrogen-bond donors (Lipinski definition) is 2. The molecule has 2 amide bonds. The molecule has 2 N–H and O–H groups in total. The number of nitrogens with one attached hydrogen (secondary N) is 2. The SMILES string of the molecule is Cc1ccc(NC(=O)CN2CCCN(CC(=O)NC(C)(C)C)CC2)c(Cl)c1. The van der Waals surface area contributed by atoms with Gasteiger partial charge in [0, 0.05) is 18.6 Å². The molecule has 0 atom stereocenters. The first-order valence-corrected chi connectivity index (χ1v) is 9.82. The van der Waals surface area contributed by atoms with Crippen LogP contribution in [-0.2, 0) is 9.59 Å². The molecule has 1 aliphatic rings. The van der Waals surface area contributed by atoms with Crippen LogP contribution in [0.1, 0.15) is 32.8 Å². The van der Waals surface area contributed by atoms with Gasteiger partial charge in [-0.3, -0.25) is 19.4 Å². The van der Waals surface area contributed by atoms with E-state index in [1.807, 2.05) is 45.9 Å². The second kappa shape index (κ2) is 9.53. The highest BCUT2D eigenvalue weighted by atomic mass is 35.5. The van der Waals surface area contributed by atoms with Crippen LogP contribution in [0.25, 0.3) is 0 Å². The number of rotatable bonds is 5. The summed E-state index contributed by atoms with van der Waals surface area (Å²) in [5, 5.41) is 6.43. The van der Waals surface area contributed by atoms with Gasteiger partial charge in [-0.25, -0.2) is 0 Å². The van der Waals surface area contributed by atoms with Crippen molar-refractivity contribution in [2.45, 2.75) is 39.7 Å². The van der Waals surface area contributed by atoms with E-state index in [-0.39, 0.29) is 17.4 Å². The number of aryl methyl sites for hydroxylation is 1. The van der Waals surface area contributed by atoms with Crippen molar-refractivity contribution in [3.8, 4) is 0 Å². The second-order valence-electron chi connectivity index (χ2n) is 8.24. The molecule has 6 nitrogen and oxygen atoms in total. The minimum Gasteiger partial charge on any atom is -0.350 e. The van der Waals surface area contributed by atoms with Crippen LogP contribution in [0.2, 0.25) is 5.02 Å². The maximum Gasteiger partial charge on any atom is 0.238 e. The first-order chi connectivity index (χ1) is 12.6. The molecular weight excluding hydrogens is 364 g/mol. The lowest BCUT2D eigenvalue weighted by Gasteiger charge is -2.25. The fourth-order valence-corrected chi connectivity index (χ4v) is 3.40. The Morgan fingerprint density at radius 2 is 1.63 bits per heavy atom. The van der Waals surface area contributed by atoms with Gasteiger partial charge in [0.1, 0.15) is 0 Å². The van der Waals surface area contributed by atoms with Gasteiger partial charge in [-0.2, -0.15) is 0 Å². The molecule has 0 spiro atoms. The van der Waals surface area contributed by atoms with E-state index in [0.717, 1.165) is 38.2 Å². The second-order valence-corrected chi connectivity index (χ2v) is 8.64. The Morgan fingerprint density at radius 1 is 1.04 bits per heavy atom. The van der Waals surface area contributed by atoms with Crippen molar-refractivity contribution in [1.82, 2.24) is 15.1 Å². The smallest absolute Gasteiger partial charge is 0.238 e. The molecule has 0 aromatic heterocycles. The molecule has 1 fully saturated rings. The van der Waals surface area contributed by atoms with Crippen LogP contribution in [0.15, 0.2) is 18.2 Å². The van der Waals surface area contributed by atoms with Gasteiger partial charge in [0.2, 0.25) is 11.8 Å². The van der Waals surface area contributed by atoms with Crippen LogP contribution in [0.4, 0.5) is 5.69 Å². The lowest BCUT2D eigenvalue weighted by atomic mass is 10.1. The highest BCUT2D eigenvalue weighted by Crippen LogP contribution is 2.22. The van der Waals surface area contributed by atoms with Crippen molar-refractivity contribution in [2.75, 3.05) is 44.6 Å². The quantitative estimate of drug-likeness (QED) is 0.805. The number of benzene rings is 1. The van der Waals surface area contributed by atoms with Gasteiger partial charge >= 0.3 is 0 Å². The van der Waals surface area contributed by atoms with Crippen molar-refractivity contribution in [1.29, 1.82) is 0 Å². The summed E-state index contributed by atoms with van der Waals surface area (Å²) in [6.07, 6.45) is 0.932. The van der Waals surface area contributed by atoms with E-state index in [1.54, 1.807) is 0 Å². The van der Waals surface area contributed by atoms with Crippen molar-refractivity contribution in [2.24, 2.45) is 0 Å². The van der Waals surface area contributed by atoms with Crippen LogP contribution in [0.3, 0.4) is 0 Å². The molecule has 27 heavy (non-hydrogen) atoms. The van der Waals surface area contributed by atoms with Gasteiger partial charge in [0.15, 0.2) is 0 Å². The molecule has 1 heterocycles. The maximum atomic E-state index is 12.4. The summed E-state index contributed by atoms with van der Waals surface area (Å²) in [7, 11) is 0. The van der Waals surface area contributed by atoms with Gasteiger partial charge in [0.25, 0.3) is 0 Å². The van der Waals surface area contributed by atoms with Crippen molar-refractivity contribution in [3.05, 3.63) is 28.8 Å². The molecule has 150 valence electrons. The normalized spacial score (nSPS) is 16.6. The first-order valence-electron chi connectivity index (χ1n) is 9.44. The van der Waals surface area contributed by atoms with E-state index in [2.05, 4.69) is 20.4 Å². The summed E-state index contributed by atoms with van der Waals surface area (Å²) in [5.74, 6) is -0.0256. The van der Waals surface area contributed by atoms with E-state index in [4.69, 9.17) is 11.6 Å². The van der Waals surface area contributed by atoms with E-state index in [9.17, 15) is 9.59 Å². The molecule has 1 aromatic carbocycles. The Morgan fingerprint density at radius 3 is 2.19 bits per heavy atom. The van der Waals surface area contributed by atoms with Gasteiger partial charge in [-0.1, -0.05) is 17.7 Å². The number of anilines is 1. The summed E-state index contributed by atoms with van der Waals surface area (Å²) in [4.78, 5) is 28.7. The lowest BCUT2D eigenvalue weighted by molar-refractivity contribution is -0.123. The third kappa shape index (κ3) is 7.87. The van der Waals surface area contributed by atoms with Crippen molar-refractivity contribution in [3.63, 3.8) is 0 Å². The summed E-state index contributed by atoms with van der Waals surface area (Å²) in [6, 6.07) is 5.59. The number of carbonyl (C=O) groups excluding carboxylic acids is 2. The Labute approximate surface area is 167 Å². The third-order valence-electron chi connectivity index (χ3n) is 4.33. The molecule has 7 heteroatoms. The van der Waals surface area contributed by atoms with Crippen LogP contribution < -0.4 is 10.6 Å². The molecule has 1 saturated heterocycles. The summed E-state index contributed by atoms with van der Waals surface area (Å²) in [6.45, 7) is 11.9. The monoisotopic (exact) mass is 394 g/mol. The van der Waals surface area contributed by atoms with Gasteiger partial charge in [0.05, 0.1) is 23.8 Å². The standard InChI is InChI=1S/C20H31ClN4O2/c1-15-6-7-17(16(21)12-15)22-18(26)13-24-8-5-9-25(11-10-24)14-19(27)23-20(2,3)4/h6-7,12H,5,8-11,13-14H2,1-4H3,(H,22,26)(H,23,27). The Kier molecular flexibility index (Phi) is 7.65. The maximum absolute atomic E-state index is 12.4. The molecule has 0 unspecified atom stereocenters. The zero-order valence-corrected chi connectivity index (χ0v) is 17.5. The van der Waals surface area contributed by atoms with E-state index in [1.165, 1.54) is 0 Å². The summed E-state index contributed by atoms with van der Waals surface area (Å²) >= 11 is 6.18. The van der Waals surface area contributed by atoms with Crippen molar-refractivity contribution >= 4 is 29.1 Å². The molecule has 2 rings (SSSR count). The van der Waals surface area contributed by atoms with Crippen LogP contribution >= 0.6 is 11.6 Å². The minimum absolute atomic E-state index is 0.0442. The Balaban J connectivity index is 1.80. The average Bonchev–Trinajstić information content (AvgIpc) is 2.73. The van der Waals surface area contributed by atoms with Crippen LogP contribution in [0, 0.1) is 6.92 Å². The van der Waals surface area contributed by atoms with Gasteiger partial charge in [-0.15, -0.1) is 0 Å². The lowest BCUT2D eigenvalue weighted by Crippen LogP contribution is -2.46. The first kappa shape index (κ1) is 21.7. The Bertz CT molecular complexity index is 672. The molecule has 0 radical (unpaired) electrons. The van der Waals surface area contributed by atoms with Crippen LogP contribution in [0.5, 0.6) is 0 Å². The molecule has 0 saturated carbocycles. The van der Waals surface area contributed by atoms with Crippen molar-refractivity contribution < 1.29 is 9.59 Å². The molecule has 1 aliphatic heterocycles.